The molecule has 0 spiro atoms. The maximum Gasteiger partial charge on any atom is 0.222 e. The molecule has 1 heterocycles. The number of amides is 2. The Labute approximate surface area is 150 Å². The second-order valence-electron chi connectivity index (χ2n) is 6.75. The Morgan fingerprint density at radius 1 is 1.20 bits per heavy atom. The van der Waals surface area contributed by atoms with E-state index in [2.05, 4.69) is 5.32 Å². The zero-order chi connectivity index (χ0) is 18.2. The maximum atomic E-state index is 12.3. The number of nitrogens with zero attached hydrogens (tertiary/aromatic N) is 1. The summed E-state index contributed by atoms with van der Waals surface area (Å²) < 4.78 is 5.86. The lowest BCUT2D eigenvalue weighted by atomic mass is 10.0. The van der Waals surface area contributed by atoms with Gasteiger partial charge in [0, 0.05) is 32.0 Å². The summed E-state index contributed by atoms with van der Waals surface area (Å²) in [5, 5.41) is 3.01. The summed E-state index contributed by atoms with van der Waals surface area (Å²) in [6.45, 7) is 7.94. The van der Waals surface area contributed by atoms with Gasteiger partial charge in [-0.05, 0) is 44.2 Å². The highest BCUT2D eigenvalue weighted by atomic mass is 16.5. The van der Waals surface area contributed by atoms with Gasteiger partial charge in [0.05, 0.1) is 6.61 Å². The summed E-state index contributed by atoms with van der Waals surface area (Å²) in [6, 6.07) is 6.31. The minimum atomic E-state index is 0.0911. The Morgan fingerprint density at radius 2 is 1.84 bits per heavy atom. The molecular weight excluding hydrogens is 316 g/mol. The predicted octanol–water partition coefficient (Wildman–Crippen LogP) is 2.98. The van der Waals surface area contributed by atoms with E-state index in [1.807, 2.05) is 43.9 Å². The third-order valence-corrected chi connectivity index (χ3v) is 4.72. The second-order valence-corrected chi connectivity index (χ2v) is 6.75. The molecule has 1 aliphatic heterocycles. The molecule has 1 aliphatic rings. The third-order valence-electron chi connectivity index (χ3n) is 4.72. The first-order valence-electron chi connectivity index (χ1n) is 9.27. The Kier molecular flexibility index (Phi) is 7.29. The van der Waals surface area contributed by atoms with Crippen LogP contribution in [0.2, 0.25) is 0 Å². The van der Waals surface area contributed by atoms with Crippen molar-refractivity contribution in [1.29, 1.82) is 0 Å². The molecule has 1 N–H and O–H groups in total. The Bertz CT molecular complexity index is 572. The van der Waals surface area contributed by atoms with Gasteiger partial charge in [-0.2, -0.15) is 0 Å². The molecule has 1 aromatic carbocycles. The van der Waals surface area contributed by atoms with Crippen LogP contribution in [0.5, 0.6) is 5.75 Å². The van der Waals surface area contributed by atoms with Crippen LogP contribution in [-0.2, 0) is 9.59 Å². The van der Waals surface area contributed by atoms with Crippen molar-refractivity contribution in [2.45, 2.75) is 58.9 Å². The standard InChI is InChI=1S/C20H30N2O3/c1-4-18(23)21-17-10-12-22(13-11-17)19(24)9-6-14-25-20-15(2)7-5-8-16(20)3/h5,7-8,17H,4,6,9-14H2,1-3H3,(H,21,23). The van der Waals surface area contributed by atoms with Crippen molar-refractivity contribution in [1.82, 2.24) is 10.2 Å². The van der Waals surface area contributed by atoms with Gasteiger partial charge in [-0.25, -0.2) is 0 Å². The molecule has 0 aliphatic carbocycles. The Morgan fingerprint density at radius 3 is 2.44 bits per heavy atom. The van der Waals surface area contributed by atoms with Crippen molar-refractivity contribution in [2.24, 2.45) is 0 Å². The lowest BCUT2D eigenvalue weighted by Crippen LogP contribution is -2.46. The number of carbonyl (C=O) groups excluding carboxylic acids is 2. The Hall–Kier alpha value is -2.04. The average Bonchev–Trinajstić information content (AvgIpc) is 2.61. The molecule has 0 aromatic heterocycles. The van der Waals surface area contributed by atoms with Crippen LogP contribution in [0.25, 0.3) is 0 Å². The number of nitrogens with one attached hydrogen (secondary N) is 1. The third kappa shape index (κ3) is 5.76. The van der Waals surface area contributed by atoms with Crippen molar-refractivity contribution in [2.75, 3.05) is 19.7 Å². The highest BCUT2D eigenvalue weighted by molar-refractivity contribution is 5.77. The molecule has 0 radical (unpaired) electrons. The SMILES string of the molecule is CCC(=O)NC1CCN(C(=O)CCCOc2c(C)cccc2C)CC1. The van der Waals surface area contributed by atoms with Crippen LogP contribution in [0, 0.1) is 13.8 Å². The van der Waals surface area contributed by atoms with E-state index >= 15 is 0 Å². The van der Waals surface area contributed by atoms with Crippen molar-refractivity contribution in [3.05, 3.63) is 29.3 Å². The number of likely N-dealkylation sites (tertiary alicyclic amines) is 1. The number of ether oxygens (including phenoxy) is 1. The lowest BCUT2D eigenvalue weighted by molar-refractivity contribution is -0.132. The van der Waals surface area contributed by atoms with Gasteiger partial charge in [-0.1, -0.05) is 25.1 Å². The van der Waals surface area contributed by atoms with E-state index in [9.17, 15) is 9.59 Å². The first-order valence-corrected chi connectivity index (χ1v) is 9.27. The van der Waals surface area contributed by atoms with E-state index in [0.29, 0.717) is 19.4 Å². The molecule has 0 unspecified atom stereocenters. The monoisotopic (exact) mass is 346 g/mol. The molecule has 2 rings (SSSR count). The van der Waals surface area contributed by atoms with E-state index in [0.717, 1.165) is 49.2 Å². The number of hydrogen-bond acceptors (Lipinski definition) is 3. The summed E-state index contributed by atoms with van der Waals surface area (Å²) in [5.74, 6) is 1.21. The summed E-state index contributed by atoms with van der Waals surface area (Å²) in [7, 11) is 0. The van der Waals surface area contributed by atoms with Crippen LogP contribution in [0.15, 0.2) is 18.2 Å². The van der Waals surface area contributed by atoms with Crippen LogP contribution in [0.4, 0.5) is 0 Å². The van der Waals surface area contributed by atoms with Gasteiger partial charge >= 0.3 is 0 Å². The number of piperidine rings is 1. The molecule has 0 bridgehead atoms. The largest absolute Gasteiger partial charge is 0.493 e. The Balaban J connectivity index is 1.67. The molecule has 138 valence electrons. The normalized spacial score (nSPS) is 15.1. The van der Waals surface area contributed by atoms with Crippen molar-refractivity contribution >= 4 is 11.8 Å². The topological polar surface area (TPSA) is 58.6 Å². The minimum Gasteiger partial charge on any atom is -0.493 e. The molecule has 2 amide bonds. The summed E-state index contributed by atoms with van der Waals surface area (Å²) in [5.41, 5.74) is 2.25. The van der Waals surface area contributed by atoms with Gasteiger partial charge in [0.2, 0.25) is 11.8 Å². The number of hydrogen-bond donors (Lipinski definition) is 1. The summed E-state index contributed by atoms with van der Waals surface area (Å²) in [4.78, 5) is 25.7. The fraction of sp³-hybridized carbons (Fsp3) is 0.600. The molecule has 25 heavy (non-hydrogen) atoms. The van der Waals surface area contributed by atoms with E-state index in [1.165, 1.54) is 0 Å². The van der Waals surface area contributed by atoms with Crippen molar-refractivity contribution in [3.63, 3.8) is 0 Å². The molecule has 1 saturated heterocycles. The van der Waals surface area contributed by atoms with Crippen LogP contribution >= 0.6 is 0 Å². The van der Waals surface area contributed by atoms with Crippen molar-refractivity contribution < 1.29 is 14.3 Å². The number of carbonyl (C=O) groups is 2. The predicted molar refractivity (Wildman–Crippen MR) is 98.7 cm³/mol. The van der Waals surface area contributed by atoms with Gasteiger partial charge in [-0.15, -0.1) is 0 Å². The van der Waals surface area contributed by atoms with Crippen LogP contribution in [0.1, 0.15) is 50.2 Å². The molecular formula is C20H30N2O3. The zero-order valence-electron chi connectivity index (χ0n) is 15.6. The number of para-hydroxylation sites is 1. The van der Waals surface area contributed by atoms with E-state index in [4.69, 9.17) is 4.74 Å². The second kappa shape index (κ2) is 9.44. The molecule has 5 nitrogen and oxygen atoms in total. The molecule has 0 saturated carbocycles. The fourth-order valence-electron chi connectivity index (χ4n) is 3.19. The van der Waals surface area contributed by atoms with Crippen LogP contribution in [0.3, 0.4) is 0 Å². The maximum absolute atomic E-state index is 12.3. The van der Waals surface area contributed by atoms with Gasteiger partial charge in [0.15, 0.2) is 0 Å². The zero-order valence-corrected chi connectivity index (χ0v) is 15.6. The first-order chi connectivity index (χ1) is 12.0. The molecule has 1 fully saturated rings. The number of aryl methyl sites for hydroxylation is 2. The van der Waals surface area contributed by atoms with Crippen LogP contribution < -0.4 is 10.1 Å². The molecule has 5 heteroatoms. The first kappa shape index (κ1) is 19.3. The molecule has 1 aromatic rings. The quantitative estimate of drug-likeness (QED) is 0.772. The van der Waals surface area contributed by atoms with Gasteiger partial charge < -0.3 is 15.0 Å². The van der Waals surface area contributed by atoms with E-state index in [1.54, 1.807) is 0 Å². The van der Waals surface area contributed by atoms with Gasteiger partial charge in [0.1, 0.15) is 5.75 Å². The van der Waals surface area contributed by atoms with Gasteiger partial charge in [0.25, 0.3) is 0 Å². The lowest BCUT2D eigenvalue weighted by Gasteiger charge is -2.32. The highest BCUT2D eigenvalue weighted by Gasteiger charge is 2.23. The smallest absolute Gasteiger partial charge is 0.222 e. The van der Waals surface area contributed by atoms with Crippen molar-refractivity contribution in [3.8, 4) is 5.75 Å². The van der Waals surface area contributed by atoms with E-state index < -0.39 is 0 Å². The number of rotatable bonds is 7. The fourth-order valence-corrected chi connectivity index (χ4v) is 3.19. The summed E-state index contributed by atoms with van der Waals surface area (Å²) >= 11 is 0. The van der Waals surface area contributed by atoms with Gasteiger partial charge in [-0.3, -0.25) is 9.59 Å². The molecule has 0 atom stereocenters. The highest BCUT2D eigenvalue weighted by Crippen LogP contribution is 2.22. The summed E-state index contributed by atoms with van der Waals surface area (Å²) in [6.07, 6.45) is 3.43. The van der Waals surface area contributed by atoms with E-state index in [-0.39, 0.29) is 17.9 Å². The number of benzene rings is 1. The average molecular weight is 346 g/mol. The van der Waals surface area contributed by atoms with Crippen LogP contribution in [-0.4, -0.2) is 42.5 Å². The minimum absolute atomic E-state index is 0.0911.